The summed E-state index contributed by atoms with van der Waals surface area (Å²) in [5.74, 6) is -0.412. The molecule has 1 aliphatic rings. The van der Waals surface area contributed by atoms with Gasteiger partial charge in [0.2, 0.25) is 0 Å². The van der Waals surface area contributed by atoms with E-state index < -0.39 is 12.0 Å². The largest absolute Gasteiger partial charge is 0.445 e. The second-order valence-corrected chi connectivity index (χ2v) is 5.21. The molecular formula is C16H21NO3. The zero-order valence-corrected chi connectivity index (χ0v) is 11.8. The lowest BCUT2D eigenvalue weighted by molar-refractivity contribution is -0.111. The van der Waals surface area contributed by atoms with E-state index in [2.05, 4.69) is 0 Å². The van der Waals surface area contributed by atoms with E-state index in [1.807, 2.05) is 30.3 Å². The Morgan fingerprint density at radius 2 is 1.85 bits per heavy atom. The quantitative estimate of drug-likeness (QED) is 0.794. The van der Waals surface area contributed by atoms with Crippen LogP contribution in [0.15, 0.2) is 30.3 Å². The van der Waals surface area contributed by atoms with E-state index in [9.17, 15) is 9.59 Å². The number of ether oxygens (including phenoxy) is 1. The Bertz CT molecular complexity index is 440. The fourth-order valence-corrected chi connectivity index (χ4v) is 2.52. The van der Waals surface area contributed by atoms with Crippen molar-refractivity contribution in [2.24, 2.45) is 0 Å². The van der Waals surface area contributed by atoms with E-state index >= 15 is 0 Å². The monoisotopic (exact) mass is 275 g/mol. The average Bonchev–Trinajstić information content (AvgIpc) is 2.50. The summed E-state index contributed by atoms with van der Waals surface area (Å²) in [6.07, 6.45) is 3.31. The highest BCUT2D eigenvalue weighted by molar-refractivity contribution is 5.69. The Morgan fingerprint density at radius 3 is 2.45 bits per heavy atom. The fraction of sp³-hybridized carbons (Fsp3) is 0.500. The van der Waals surface area contributed by atoms with Crippen LogP contribution < -0.4 is 0 Å². The summed E-state index contributed by atoms with van der Waals surface area (Å²) in [6, 6.07) is 9.42. The topological polar surface area (TPSA) is 46.6 Å². The molecule has 108 valence electrons. The van der Waals surface area contributed by atoms with E-state index in [0.29, 0.717) is 0 Å². The van der Waals surface area contributed by atoms with Crippen molar-refractivity contribution in [3.8, 4) is 0 Å². The molecular weight excluding hydrogens is 254 g/mol. The summed E-state index contributed by atoms with van der Waals surface area (Å²) >= 11 is 0. The van der Waals surface area contributed by atoms with Crippen LogP contribution in [0.5, 0.6) is 0 Å². The molecule has 1 aromatic carbocycles. The Labute approximate surface area is 119 Å². The van der Waals surface area contributed by atoms with Crippen LogP contribution >= 0.6 is 0 Å². The lowest BCUT2D eigenvalue weighted by Crippen LogP contribution is -2.38. The second kappa shape index (κ2) is 7.08. The molecule has 2 rings (SSSR count). The summed E-state index contributed by atoms with van der Waals surface area (Å²) in [5.41, 5.74) is 0.876. The summed E-state index contributed by atoms with van der Waals surface area (Å²) in [5, 5.41) is 0. The highest BCUT2D eigenvalue weighted by Crippen LogP contribution is 2.21. The smallest absolute Gasteiger partial charge is 0.410 e. The highest BCUT2D eigenvalue weighted by Gasteiger charge is 2.25. The van der Waals surface area contributed by atoms with Gasteiger partial charge in [-0.25, -0.2) is 4.79 Å². The molecule has 1 aliphatic heterocycles. The van der Waals surface area contributed by atoms with Gasteiger partial charge in [-0.05, 0) is 31.7 Å². The molecule has 20 heavy (non-hydrogen) atoms. The maximum Gasteiger partial charge on any atom is 0.410 e. The molecule has 4 heteroatoms. The SMILES string of the molecule is CC(OC(=O)N1CCCCC1)C(C=O)c1ccccc1. The lowest BCUT2D eigenvalue weighted by atomic mass is 9.96. The third-order valence-electron chi connectivity index (χ3n) is 3.74. The second-order valence-electron chi connectivity index (χ2n) is 5.21. The van der Waals surface area contributed by atoms with Gasteiger partial charge in [-0.15, -0.1) is 0 Å². The van der Waals surface area contributed by atoms with Gasteiger partial charge in [0.05, 0.1) is 5.92 Å². The number of hydrogen-bond acceptors (Lipinski definition) is 3. The number of hydrogen-bond donors (Lipinski definition) is 0. The van der Waals surface area contributed by atoms with Gasteiger partial charge < -0.3 is 14.4 Å². The Kier molecular flexibility index (Phi) is 5.16. The van der Waals surface area contributed by atoms with Crippen molar-refractivity contribution in [2.45, 2.75) is 38.2 Å². The number of piperidine rings is 1. The zero-order chi connectivity index (χ0) is 14.4. The Balaban J connectivity index is 1.97. The van der Waals surface area contributed by atoms with Gasteiger partial charge in [0.1, 0.15) is 12.4 Å². The van der Waals surface area contributed by atoms with Crippen molar-refractivity contribution >= 4 is 12.4 Å². The van der Waals surface area contributed by atoms with Gasteiger partial charge in [-0.1, -0.05) is 30.3 Å². The molecule has 0 saturated carbocycles. The maximum absolute atomic E-state index is 12.0. The number of likely N-dealkylation sites (tertiary alicyclic amines) is 1. The van der Waals surface area contributed by atoms with Crippen molar-refractivity contribution < 1.29 is 14.3 Å². The van der Waals surface area contributed by atoms with Crippen LogP contribution in [0.2, 0.25) is 0 Å². The van der Waals surface area contributed by atoms with Crippen LogP contribution in [0, 0.1) is 0 Å². The van der Waals surface area contributed by atoms with Crippen LogP contribution in [-0.4, -0.2) is 36.5 Å². The number of nitrogens with zero attached hydrogens (tertiary/aromatic N) is 1. The van der Waals surface area contributed by atoms with Gasteiger partial charge in [-0.3, -0.25) is 0 Å². The van der Waals surface area contributed by atoms with Crippen LogP contribution in [0.25, 0.3) is 0 Å². The summed E-state index contributed by atoms with van der Waals surface area (Å²) in [7, 11) is 0. The van der Waals surface area contributed by atoms with Crippen molar-refractivity contribution in [3.63, 3.8) is 0 Å². The number of aldehydes is 1. The lowest BCUT2D eigenvalue weighted by Gasteiger charge is -2.28. The number of carbonyl (C=O) groups excluding carboxylic acids is 2. The molecule has 1 aromatic rings. The fourth-order valence-electron chi connectivity index (χ4n) is 2.52. The summed E-state index contributed by atoms with van der Waals surface area (Å²) in [6.45, 7) is 3.28. The van der Waals surface area contributed by atoms with Gasteiger partial charge >= 0.3 is 6.09 Å². The van der Waals surface area contributed by atoms with Gasteiger partial charge in [-0.2, -0.15) is 0 Å². The molecule has 0 bridgehead atoms. The first kappa shape index (κ1) is 14.6. The van der Waals surface area contributed by atoms with Gasteiger partial charge in [0.25, 0.3) is 0 Å². The predicted molar refractivity (Wildman–Crippen MR) is 76.6 cm³/mol. The minimum Gasteiger partial charge on any atom is -0.445 e. The molecule has 0 aliphatic carbocycles. The molecule has 0 spiro atoms. The maximum atomic E-state index is 12.0. The van der Waals surface area contributed by atoms with E-state index in [0.717, 1.165) is 37.8 Å². The molecule has 0 radical (unpaired) electrons. The van der Waals surface area contributed by atoms with Crippen LogP contribution in [-0.2, 0) is 9.53 Å². The summed E-state index contributed by atoms with van der Waals surface area (Å²) in [4.78, 5) is 25.1. The predicted octanol–water partition coefficient (Wildman–Crippen LogP) is 2.98. The normalized spacial score (nSPS) is 18.1. The third kappa shape index (κ3) is 3.59. The van der Waals surface area contributed by atoms with Crippen LogP contribution in [0.1, 0.15) is 37.7 Å². The average molecular weight is 275 g/mol. The Hall–Kier alpha value is -1.84. The van der Waals surface area contributed by atoms with E-state index in [-0.39, 0.29) is 6.09 Å². The number of amides is 1. The van der Waals surface area contributed by atoms with Crippen LogP contribution in [0.3, 0.4) is 0 Å². The van der Waals surface area contributed by atoms with Crippen molar-refractivity contribution in [3.05, 3.63) is 35.9 Å². The molecule has 1 heterocycles. The first-order valence-corrected chi connectivity index (χ1v) is 7.18. The third-order valence-corrected chi connectivity index (χ3v) is 3.74. The molecule has 0 N–H and O–H groups in total. The minimum atomic E-state index is -0.454. The molecule has 2 atom stereocenters. The Morgan fingerprint density at radius 1 is 1.20 bits per heavy atom. The standard InChI is InChI=1S/C16H21NO3/c1-13(15(12-18)14-8-4-2-5-9-14)20-16(19)17-10-6-3-7-11-17/h2,4-5,8-9,12-13,15H,3,6-7,10-11H2,1H3. The molecule has 2 unspecified atom stereocenters. The van der Waals surface area contributed by atoms with Crippen LogP contribution in [0.4, 0.5) is 4.79 Å². The van der Waals surface area contributed by atoms with E-state index in [4.69, 9.17) is 4.74 Å². The minimum absolute atomic E-state index is 0.306. The van der Waals surface area contributed by atoms with Crippen molar-refractivity contribution in [2.75, 3.05) is 13.1 Å². The number of rotatable bonds is 4. The van der Waals surface area contributed by atoms with Crippen molar-refractivity contribution in [1.82, 2.24) is 4.90 Å². The number of benzene rings is 1. The molecule has 0 aromatic heterocycles. The van der Waals surface area contributed by atoms with Gasteiger partial charge in [0, 0.05) is 13.1 Å². The molecule has 1 fully saturated rings. The van der Waals surface area contributed by atoms with E-state index in [1.165, 1.54) is 6.42 Å². The van der Waals surface area contributed by atoms with Crippen molar-refractivity contribution in [1.29, 1.82) is 0 Å². The number of carbonyl (C=O) groups is 2. The summed E-state index contributed by atoms with van der Waals surface area (Å²) < 4.78 is 5.45. The van der Waals surface area contributed by atoms with E-state index in [1.54, 1.807) is 11.8 Å². The molecule has 1 amide bonds. The zero-order valence-electron chi connectivity index (χ0n) is 11.8. The van der Waals surface area contributed by atoms with Gasteiger partial charge in [0.15, 0.2) is 0 Å². The first-order chi connectivity index (χ1) is 9.72. The molecule has 4 nitrogen and oxygen atoms in total. The highest BCUT2D eigenvalue weighted by atomic mass is 16.6. The molecule has 1 saturated heterocycles. The first-order valence-electron chi connectivity index (χ1n) is 7.18.